The van der Waals surface area contributed by atoms with Crippen LogP contribution < -0.4 is 5.32 Å². The van der Waals surface area contributed by atoms with Crippen LogP contribution >= 0.6 is 0 Å². The topological polar surface area (TPSA) is 86.6 Å². The van der Waals surface area contributed by atoms with Gasteiger partial charge in [0.15, 0.2) is 6.04 Å². The fraction of sp³-hybridized carbons (Fsp3) is 0.111. The third-order valence-corrected chi connectivity index (χ3v) is 1.68. The van der Waals surface area contributed by atoms with Gasteiger partial charge in [0.05, 0.1) is 0 Å². The van der Waals surface area contributed by atoms with E-state index in [9.17, 15) is 9.59 Å². The maximum atomic E-state index is 10.7. The number of carboxylic acid groups (broad SMARTS) is 1. The summed E-state index contributed by atoms with van der Waals surface area (Å²) in [6.45, 7) is 0. The number of carbonyl (C=O) groups excluding carboxylic acids is 1. The van der Waals surface area contributed by atoms with Crippen LogP contribution in [0.1, 0.15) is 11.6 Å². The highest BCUT2D eigenvalue weighted by Gasteiger charge is 2.18. The average molecular weight is 194 g/mol. The first kappa shape index (κ1) is 10.0. The third kappa shape index (κ3) is 2.22. The Hall–Kier alpha value is -2.04. The van der Waals surface area contributed by atoms with Crippen molar-refractivity contribution in [2.75, 3.05) is 0 Å². The Balaban J connectivity index is 2.93. The minimum atomic E-state index is -1.18. The molecule has 0 saturated carbocycles. The standard InChI is InChI=1S/C9H8NO4/c11-5-10-8(9(13)14)6-1-3-7(12)4-2-6/h1-4,8,12H,(H,10,11)(H,13,14)/t8-/m1/s1. The molecule has 0 spiro atoms. The van der Waals surface area contributed by atoms with Gasteiger partial charge < -0.3 is 15.5 Å². The molecule has 0 aliphatic heterocycles. The minimum Gasteiger partial charge on any atom is -0.508 e. The molecule has 0 saturated heterocycles. The molecule has 0 aromatic heterocycles. The molecule has 5 heteroatoms. The lowest BCUT2D eigenvalue weighted by atomic mass is 10.1. The number of hydrogen-bond acceptors (Lipinski definition) is 3. The highest BCUT2D eigenvalue weighted by molar-refractivity contribution is 5.78. The number of rotatable bonds is 4. The fourth-order valence-corrected chi connectivity index (χ4v) is 1.01. The van der Waals surface area contributed by atoms with Crippen molar-refractivity contribution < 1.29 is 19.8 Å². The number of phenols is 1. The van der Waals surface area contributed by atoms with E-state index in [-0.39, 0.29) is 5.75 Å². The van der Waals surface area contributed by atoms with Crippen LogP contribution in [0.25, 0.3) is 0 Å². The largest absolute Gasteiger partial charge is 0.508 e. The summed E-state index contributed by atoms with van der Waals surface area (Å²) in [5, 5.41) is 19.7. The zero-order valence-electron chi connectivity index (χ0n) is 7.10. The van der Waals surface area contributed by atoms with Crippen LogP contribution in [0.3, 0.4) is 0 Å². The SMILES string of the molecule is O=[C]N[C@@H](C(=O)O)c1ccc(O)cc1. The van der Waals surface area contributed by atoms with Crippen molar-refractivity contribution in [3.63, 3.8) is 0 Å². The molecular formula is C9H8NO4. The molecule has 0 aliphatic rings. The Morgan fingerprint density at radius 2 is 1.93 bits per heavy atom. The van der Waals surface area contributed by atoms with E-state index < -0.39 is 12.0 Å². The number of aliphatic carboxylic acids is 1. The van der Waals surface area contributed by atoms with Crippen molar-refractivity contribution in [1.29, 1.82) is 0 Å². The normalized spacial score (nSPS) is 11.7. The number of benzene rings is 1. The lowest BCUT2D eigenvalue weighted by Gasteiger charge is -2.10. The van der Waals surface area contributed by atoms with Gasteiger partial charge in [0.25, 0.3) is 0 Å². The molecule has 0 heterocycles. The Bertz CT molecular complexity index is 333. The van der Waals surface area contributed by atoms with E-state index in [0.29, 0.717) is 5.56 Å². The summed E-state index contributed by atoms with van der Waals surface area (Å²) in [4.78, 5) is 20.7. The third-order valence-electron chi connectivity index (χ3n) is 1.68. The first-order valence-electron chi connectivity index (χ1n) is 3.79. The van der Waals surface area contributed by atoms with Crippen molar-refractivity contribution in [2.45, 2.75) is 6.04 Å². The second-order valence-corrected chi connectivity index (χ2v) is 2.61. The number of phenolic OH excluding ortho intramolecular Hbond substituents is 1. The van der Waals surface area contributed by atoms with E-state index in [4.69, 9.17) is 10.2 Å². The highest BCUT2D eigenvalue weighted by Crippen LogP contribution is 2.16. The summed E-state index contributed by atoms with van der Waals surface area (Å²) in [5.74, 6) is -1.15. The van der Waals surface area contributed by atoms with Crippen molar-refractivity contribution in [3.8, 4) is 5.75 Å². The van der Waals surface area contributed by atoms with Crippen molar-refractivity contribution in [3.05, 3.63) is 29.8 Å². The van der Waals surface area contributed by atoms with Gasteiger partial charge in [-0.25, -0.2) is 4.79 Å². The van der Waals surface area contributed by atoms with Crippen LogP contribution in [0, 0.1) is 0 Å². The van der Waals surface area contributed by atoms with Crippen molar-refractivity contribution >= 4 is 12.4 Å². The number of carbonyl (C=O) groups is 1. The predicted octanol–water partition coefficient (Wildman–Crippen LogP) is 0.175. The Morgan fingerprint density at radius 3 is 2.36 bits per heavy atom. The van der Waals surface area contributed by atoms with Crippen LogP contribution in [0.2, 0.25) is 0 Å². The molecule has 1 rings (SSSR count). The summed E-state index contributed by atoms with van der Waals surface area (Å²) in [6.07, 6.45) is 1.32. The van der Waals surface area contributed by atoms with E-state index in [2.05, 4.69) is 0 Å². The smallest absolute Gasteiger partial charge is 0.330 e. The molecule has 1 radical (unpaired) electrons. The van der Waals surface area contributed by atoms with Gasteiger partial charge in [-0.2, -0.15) is 0 Å². The molecule has 14 heavy (non-hydrogen) atoms. The van der Waals surface area contributed by atoms with E-state index >= 15 is 0 Å². The quantitative estimate of drug-likeness (QED) is 0.596. The van der Waals surface area contributed by atoms with Crippen LogP contribution in [0.5, 0.6) is 5.75 Å². The van der Waals surface area contributed by atoms with Crippen molar-refractivity contribution in [2.24, 2.45) is 0 Å². The van der Waals surface area contributed by atoms with E-state index in [1.165, 1.54) is 30.7 Å². The first-order valence-corrected chi connectivity index (χ1v) is 3.79. The molecule has 3 N–H and O–H groups in total. The lowest BCUT2D eigenvalue weighted by Crippen LogP contribution is -2.27. The molecule has 0 fully saturated rings. The fourth-order valence-electron chi connectivity index (χ4n) is 1.01. The molecule has 0 unspecified atom stereocenters. The van der Waals surface area contributed by atoms with Gasteiger partial charge in [-0.1, -0.05) is 12.1 Å². The Kier molecular flexibility index (Phi) is 3.06. The van der Waals surface area contributed by atoms with Gasteiger partial charge >= 0.3 is 12.4 Å². The average Bonchev–Trinajstić information content (AvgIpc) is 2.15. The van der Waals surface area contributed by atoms with E-state index in [0.717, 1.165) is 0 Å². The maximum absolute atomic E-state index is 10.7. The molecule has 0 aliphatic carbocycles. The zero-order chi connectivity index (χ0) is 10.6. The molecular weight excluding hydrogens is 186 g/mol. The van der Waals surface area contributed by atoms with Crippen molar-refractivity contribution in [1.82, 2.24) is 5.32 Å². The number of aromatic hydroxyl groups is 1. The molecule has 1 amide bonds. The maximum Gasteiger partial charge on any atom is 0.330 e. The van der Waals surface area contributed by atoms with Gasteiger partial charge in [0.1, 0.15) is 5.75 Å². The van der Waals surface area contributed by atoms with Gasteiger partial charge in [-0.15, -0.1) is 0 Å². The Morgan fingerprint density at radius 1 is 1.36 bits per heavy atom. The molecule has 1 aromatic carbocycles. The second kappa shape index (κ2) is 4.27. The summed E-state index contributed by atoms with van der Waals surface area (Å²) in [6, 6.07) is 4.39. The summed E-state index contributed by atoms with van der Waals surface area (Å²) in [7, 11) is 0. The molecule has 73 valence electrons. The summed E-state index contributed by atoms with van der Waals surface area (Å²) in [5.41, 5.74) is 0.374. The molecule has 5 nitrogen and oxygen atoms in total. The van der Waals surface area contributed by atoms with E-state index in [1.54, 1.807) is 0 Å². The van der Waals surface area contributed by atoms with Crippen LogP contribution in [-0.4, -0.2) is 22.6 Å². The van der Waals surface area contributed by atoms with Crippen LogP contribution in [0.4, 0.5) is 0 Å². The van der Waals surface area contributed by atoms with Gasteiger partial charge in [0, 0.05) is 0 Å². The highest BCUT2D eigenvalue weighted by atomic mass is 16.4. The first-order chi connectivity index (χ1) is 6.65. The number of hydrogen-bond donors (Lipinski definition) is 3. The van der Waals surface area contributed by atoms with Gasteiger partial charge in [-0.05, 0) is 17.7 Å². The Labute approximate surface area is 80.0 Å². The summed E-state index contributed by atoms with van der Waals surface area (Å²) < 4.78 is 0. The number of amides is 1. The van der Waals surface area contributed by atoms with E-state index in [1.807, 2.05) is 5.32 Å². The van der Waals surface area contributed by atoms with Crippen LogP contribution in [0.15, 0.2) is 24.3 Å². The molecule has 1 atom stereocenters. The zero-order valence-corrected chi connectivity index (χ0v) is 7.10. The number of nitrogens with one attached hydrogen (secondary N) is 1. The van der Waals surface area contributed by atoms with Gasteiger partial charge in [0.2, 0.25) is 0 Å². The predicted molar refractivity (Wildman–Crippen MR) is 47.3 cm³/mol. The minimum absolute atomic E-state index is 0.0352. The number of carboxylic acids is 1. The monoisotopic (exact) mass is 194 g/mol. The molecule has 1 aromatic rings. The summed E-state index contributed by atoms with van der Waals surface area (Å²) >= 11 is 0. The lowest BCUT2D eigenvalue weighted by molar-refractivity contribution is -0.139. The second-order valence-electron chi connectivity index (χ2n) is 2.61. The van der Waals surface area contributed by atoms with Crippen LogP contribution in [-0.2, 0) is 9.59 Å². The molecule has 0 bridgehead atoms. The van der Waals surface area contributed by atoms with Gasteiger partial charge in [-0.3, -0.25) is 4.79 Å².